The summed E-state index contributed by atoms with van der Waals surface area (Å²) in [5.41, 5.74) is 8.28. The van der Waals surface area contributed by atoms with Crippen LogP contribution in [-0.4, -0.2) is 41.7 Å². The molecule has 1 heterocycles. The highest BCUT2D eigenvalue weighted by atomic mass is 16.3. The lowest BCUT2D eigenvalue weighted by Crippen LogP contribution is -2.44. The van der Waals surface area contributed by atoms with Crippen LogP contribution >= 0.6 is 0 Å². The van der Waals surface area contributed by atoms with E-state index in [9.17, 15) is 4.79 Å². The standard InChI is InChI=1S/C16H25N3O2/c1-12-5-6-13(10-15(12)17)18-16(21)11-19-8-3-2-4-14(19)7-9-20/h5-6,10,14,20H,2-4,7-9,11,17H2,1H3,(H,18,21). The molecular weight excluding hydrogens is 266 g/mol. The third-order valence-corrected chi connectivity index (χ3v) is 4.12. The van der Waals surface area contributed by atoms with E-state index < -0.39 is 0 Å². The third kappa shape index (κ3) is 4.44. The number of benzene rings is 1. The second-order valence-corrected chi connectivity index (χ2v) is 5.75. The van der Waals surface area contributed by atoms with Crippen molar-refractivity contribution in [1.82, 2.24) is 4.90 Å². The molecule has 0 radical (unpaired) electrons. The molecule has 1 fully saturated rings. The van der Waals surface area contributed by atoms with Crippen LogP contribution in [0.3, 0.4) is 0 Å². The molecule has 0 aliphatic carbocycles. The number of amides is 1. The Hall–Kier alpha value is -1.59. The molecule has 21 heavy (non-hydrogen) atoms. The maximum atomic E-state index is 12.2. The highest BCUT2D eigenvalue weighted by Gasteiger charge is 2.23. The maximum Gasteiger partial charge on any atom is 0.238 e. The third-order valence-electron chi connectivity index (χ3n) is 4.12. The van der Waals surface area contributed by atoms with Gasteiger partial charge in [-0.2, -0.15) is 0 Å². The molecule has 0 spiro atoms. The molecule has 0 saturated carbocycles. The van der Waals surface area contributed by atoms with Gasteiger partial charge in [-0.05, 0) is 50.4 Å². The fraction of sp³-hybridized carbons (Fsp3) is 0.562. The summed E-state index contributed by atoms with van der Waals surface area (Å²) in [5, 5.41) is 12.0. The number of carbonyl (C=O) groups excluding carboxylic acids is 1. The Balaban J connectivity index is 1.92. The summed E-state index contributed by atoms with van der Waals surface area (Å²) in [6, 6.07) is 5.87. The van der Waals surface area contributed by atoms with Crippen LogP contribution < -0.4 is 11.1 Å². The minimum Gasteiger partial charge on any atom is -0.398 e. The quantitative estimate of drug-likeness (QED) is 0.722. The van der Waals surface area contributed by atoms with Gasteiger partial charge in [0.25, 0.3) is 0 Å². The maximum absolute atomic E-state index is 12.2. The Kier molecular flexibility index (Phi) is 5.59. The molecule has 1 unspecified atom stereocenters. The van der Waals surface area contributed by atoms with Gasteiger partial charge in [0.05, 0.1) is 6.54 Å². The number of aliphatic hydroxyl groups is 1. The smallest absolute Gasteiger partial charge is 0.238 e. The fourth-order valence-electron chi connectivity index (χ4n) is 2.85. The monoisotopic (exact) mass is 291 g/mol. The van der Waals surface area contributed by atoms with Crippen LogP contribution in [0.4, 0.5) is 11.4 Å². The summed E-state index contributed by atoms with van der Waals surface area (Å²) in [7, 11) is 0. The van der Waals surface area contributed by atoms with Crippen molar-refractivity contribution in [2.24, 2.45) is 0 Å². The van der Waals surface area contributed by atoms with Gasteiger partial charge in [-0.15, -0.1) is 0 Å². The van der Waals surface area contributed by atoms with Gasteiger partial charge in [0.1, 0.15) is 0 Å². The minimum absolute atomic E-state index is 0.0249. The number of hydrogen-bond acceptors (Lipinski definition) is 4. The normalized spacial score (nSPS) is 19.4. The molecule has 1 aromatic carbocycles. The van der Waals surface area contributed by atoms with Crippen LogP contribution in [-0.2, 0) is 4.79 Å². The van der Waals surface area contributed by atoms with E-state index in [0.29, 0.717) is 18.3 Å². The van der Waals surface area contributed by atoms with Crippen LogP contribution in [0.5, 0.6) is 0 Å². The SMILES string of the molecule is Cc1ccc(NC(=O)CN2CCCCC2CCO)cc1N. The first-order valence-corrected chi connectivity index (χ1v) is 7.61. The molecule has 1 atom stereocenters. The van der Waals surface area contributed by atoms with Crippen LogP contribution in [0.15, 0.2) is 18.2 Å². The lowest BCUT2D eigenvalue weighted by atomic mass is 9.99. The van der Waals surface area contributed by atoms with Crippen molar-refractivity contribution in [2.45, 2.75) is 38.6 Å². The zero-order valence-electron chi connectivity index (χ0n) is 12.6. The average molecular weight is 291 g/mol. The van der Waals surface area contributed by atoms with Crippen molar-refractivity contribution < 1.29 is 9.90 Å². The largest absolute Gasteiger partial charge is 0.398 e. The van der Waals surface area contributed by atoms with Crippen molar-refractivity contribution in [3.8, 4) is 0 Å². The number of hydrogen-bond donors (Lipinski definition) is 3. The van der Waals surface area contributed by atoms with E-state index in [2.05, 4.69) is 10.2 Å². The first-order chi connectivity index (χ1) is 10.1. The van der Waals surface area contributed by atoms with Crippen LogP contribution in [0.2, 0.25) is 0 Å². The number of likely N-dealkylation sites (tertiary alicyclic amines) is 1. The Bertz CT molecular complexity index is 488. The molecule has 4 N–H and O–H groups in total. The van der Waals surface area contributed by atoms with Crippen LogP contribution in [0.25, 0.3) is 0 Å². The number of nitrogens with one attached hydrogen (secondary N) is 1. The van der Waals surface area contributed by atoms with Crippen molar-refractivity contribution in [3.05, 3.63) is 23.8 Å². The molecule has 1 aromatic rings. The van der Waals surface area contributed by atoms with Crippen molar-refractivity contribution in [3.63, 3.8) is 0 Å². The van der Waals surface area contributed by atoms with E-state index in [1.807, 2.05) is 19.1 Å². The van der Waals surface area contributed by atoms with Gasteiger partial charge >= 0.3 is 0 Å². The summed E-state index contributed by atoms with van der Waals surface area (Å²) in [4.78, 5) is 14.3. The number of nitrogen functional groups attached to an aromatic ring is 1. The Morgan fingerprint density at radius 1 is 1.48 bits per heavy atom. The van der Waals surface area contributed by atoms with E-state index >= 15 is 0 Å². The number of piperidine rings is 1. The van der Waals surface area contributed by atoms with Crippen LogP contribution in [0, 0.1) is 6.92 Å². The lowest BCUT2D eigenvalue weighted by molar-refractivity contribution is -0.118. The van der Waals surface area contributed by atoms with Gasteiger partial charge in [-0.3, -0.25) is 9.69 Å². The van der Waals surface area contributed by atoms with Gasteiger partial charge < -0.3 is 16.2 Å². The van der Waals surface area contributed by atoms with E-state index in [-0.39, 0.29) is 12.5 Å². The molecule has 2 rings (SSSR count). The summed E-state index contributed by atoms with van der Waals surface area (Å²) >= 11 is 0. The molecule has 5 heteroatoms. The number of carbonyl (C=O) groups is 1. The van der Waals surface area contributed by atoms with Gasteiger partial charge in [-0.25, -0.2) is 0 Å². The Morgan fingerprint density at radius 3 is 3.00 bits per heavy atom. The lowest BCUT2D eigenvalue weighted by Gasteiger charge is -2.34. The highest BCUT2D eigenvalue weighted by molar-refractivity contribution is 5.92. The fourth-order valence-corrected chi connectivity index (χ4v) is 2.85. The zero-order valence-corrected chi connectivity index (χ0v) is 12.6. The predicted molar refractivity (Wildman–Crippen MR) is 85.1 cm³/mol. The molecular formula is C16H25N3O2. The van der Waals surface area contributed by atoms with Gasteiger partial charge in [-0.1, -0.05) is 12.5 Å². The molecule has 0 aromatic heterocycles. The average Bonchev–Trinajstić information content (AvgIpc) is 2.45. The van der Waals surface area contributed by atoms with Gasteiger partial charge in [0.15, 0.2) is 0 Å². The topological polar surface area (TPSA) is 78.6 Å². The van der Waals surface area contributed by atoms with Crippen molar-refractivity contribution in [1.29, 1.82) is 0 Å². The number of anilines is 2. The second-order valence-electron chi connectivity index (χ2n) is 5.75. The number of aryl methyl sites for hydroxylation is 1. The zero-order chi connectivity index (χ0) is 15.2. The summed E-state index contributed by atoms with van der Waals surface area (Å²) < 4.78 is 0. The molecule has 1 aliphatic heterocycles. The van der Waals surface area contributed by atoms with E-state index in [1.165, 1.54) is 6.42 Å². The van der Waals surface area contributed by atoms with Gasteiger partial charge in [0.2, 0.25) is 5.91 Å². The van der Waals surface area contributed by atoms with Crippen LogP contribution in [0.1, 0.15) is 31.2 Å². The molecule has 5 nitrogen and oxygen atoms in total. The Labute approximate surface area is 126 Å². The summed E-state index contributed by atoms with van der Waals surface area (Å²) in [5.74, 6) is -0.0249. The van der Waals surface area contributed by atoms with Crippen molar-refractivity contribution >= 4 is 17.3 Å². The summed E-state index contributed by atoms with van der Waals surface area (Å²) in [6.45, 7) is 3.41. The minimum atomic E-state index is -0.0249. The number of nitrogens with zero attached hydrogens (tertiary/aromatic N) is 1. The molecule has 0 bridgehead atoms. The predicted octanol–water partition coefficient (Wildman–Crippen LogP) is 1.75. The number of nitrogens with two attached hydrogens (primary N) is 1. The number of aliphatic hydroxyl groups excluding tert-OH is 1. The molecule has 1 amide bonds. The Morgan fingerprint density at radius 2 is 2.29 bits per heavy atom. The molecule has 1 aliphatic rings. The van der Waals surface area contributed by atoms with E-state index in [1.54, 1.807) is 6.07 Å². The second kappa shape index (κ2) is 7.43. The van der Waals surface area contributed by atoms with E-state index in [0.717, 1.165) is 37.1 Å². The molecule has 116 valence electrons. The summed E-state index contributed by atoms with van der Waals surface area (Å²) in [6.07, 6.45) is 4.10. The van der Waals surface area contributed by atoms with Crippen molar-refractivity contribution in [2.75, 3.05) is 30.7 Å². The first-order valence-electron chi connectivity index (χ1n) is 7.61. The number of rotatable bonds is 5. The van der Waals surface area contributed by atoms with Gasteiger partial charge in [0, 0.05) is 24.0 Å². The first kappa shape index (κ1) is 15.8. The molecule has 1 saturated heterocycles. The van der Waals surface area contributed by atoms with E-state index in [4.69, 9.17) is 10.8 Å². The highest BCUT2D eigenvalue weighted by Crippen LogP contribution is 2.20.